The highest BCUT2D eigenvalue weighted by atomic mass is 16.4. The van der Waals surface area contributed by atoms with Crippen LogP contribution in [-0.4, -0.2) is 70.2 Å². The lowest BCUT2D eigenvalue weighted by Crippen LogP contribution is -2.45. The predicted octanol–water partition coefficient (Wildman–Crippen LogP) is 0.547. The molecule has 2 aliphatic heterocycles. The van der Waals surface area contributed by atoms with E-state index < -0.39 is 11.6 Å². The van der Waals surface area contributed by atoms with Gasteiger partial charge in [-0.2, -0.15) is 0 Å². The first-order valence-corrected chi connectivity index (χ1v) is 7.83. The molecule has 0 aliphatic carbocycles. The van der Waals surface area contributed by atoms with Crippen LogP contribution in [0.15, 0.2) is 0 Å². The summed E-state index contributed by atoms with van der Waals surface area (Å²) in [7, 11) is 0. The number of carboxylic acids is 1. The molecule has 1 atom stereocenters. The van der Waals surface area contributed by atoms with E-state index in [1.807, 2.05) is 6.92 Å². The molecule has 2 aliphatic rings. The molecule has 21 heavy (non-hydrogen) atoms. The lowest BCUT2D eigenvalue weighted by Gasteiger charge is -2.32. The lowest BCUT2D eigenvalue weighted by atomic mass is 9.97. The number of hydrogen-bond acceptors (Lipinski definition) is 4. The second-order valence-electron chi connectivity index (χ2n) is 6.62. The molecular weight excluding hydrogens is 272 g/mol. The third kappa shape index (κ3) is 4.68. The van der Waals surface area contributed by atoms with Gasteiger partial charge in [0.15, 0.2) is 0 Å². The van der Waals surface area contributed by atoms with Gasteiger partial charge in [0.1, 0.15) is 0 Å². The maximum Gasteiger partial charge on any atom is 0.306 e. The van der Waals surface area contributed by atoms with Gasteiger partial charge >= 0.3 is 5.97 Å². The Balaban J connectivity index is 1.78. The minimum atomic E-state index is -0.753. The SMILES string of the molecule is CC1(O)CCCN(CC(=O)N2CCC(C(=O)O)CC2)CC1. The fourth-order valence-corrected chi connectivity index (χ4v) is 3.14. The molecule has 6 nitrogen and oxygen atoms in total. The van der Waals surface area contributed by atoms with Crippen LogP contribution >= 0.6 is 0 Å². The zero-order chi connectivity index (χ0) is 15.5. The van der Waals surface area contributed by atoms with Crippen LogP contribution in [0.1, 0.15) is 39.0 Å². The molecule has 6 heteroatoms. The van der Waals surface area contributed by atoms with Crippen LogP contribution in [0.3, 0.4) is 0 Å². The molecule has 2 rings (SSSR count). The van der Waals surface area contributed by atoms with Crippen LogP contribution in [0.4, 0.5) is 0 Å². The number of rotatable bonds is 3. The molecule has 0 aromatic heterocycles. The molecule has 2 fully saturated rings. The summed E-state index contributed by atoms with van der Waals surface area (Å²) in [6, 6.07) is 0. The number of piperidine rings is 1. The number of carbonyl (C=O) groups is 2. The molecule has 1 amide bonds. The summed E-state index contributed by atoms with van der Waals surface area (Å²) < 4.78 is 0. The van der Waals surface area contributed by atoms with Crippen LogP contribution in [0.25, 0.3) is 0 Å². The number of hydrogen-bond donors (Lipinski definition) is 2. The molecular formula is C15H26N2O4. The number of likely N-dealkylation sites (tertiary alicyclic amines) is 2. The van der Waals surface area contributed by atoms with Gasteiger partial charge in [0.25, 0.3) is 0 Å². The summed E-state index contributed by atoms with van der Waals surface area (Å²) in [5.41, 5.74) is -0.613. The van der Waals surface area contributed by atoms with Gasteiger partial charge in [-0.3, -0.25) is 14.5 Å². The maximum absolute atomic E-state index is 12.3. The van der Waals surface area contributed by atoms with E-state index >= 15 is 0 Å². The van der Waals surface area contributed by atoms with E-state index in [1.54, 1.807) is 4.90 Å². The summed E-state index contributed by atoms with van der Waals surface area (Å²) in [5, 5.41) is 19.0. The third-order valence-electron chi connectivity index (χ3n) is 4.71. The summed E-state index contributed by atoms with van der Waals surface area (Å²) in [6.45, 7) is 4.91. The summed E-state index contributed by atoms with van der Waals surface area (Å²) in [4.78, 5) is 27.1. The molecule has 0 bridgehead atoms. The molecule has 120 valence electrons. The van der Waals surface area contributed by atoms with Crippen molar-refractivity contribution in [1.29, 1.82) is 0 Å². The maximum atomic E-state index is 12.3. The van der Waals surface area contributed by atoms with Gasteiger partial charge in [-0.15, -0.1) is 0 Å². The van der Waals surface area contributed by atoms with Crippen molar-refractivity contribution >= 4 is 11.9 Å². The first-order chi connectivity index (χ1) is 9.87. The second kappa shape index (κ2) is 6.75. The van der Waals surface area contributed by atoms with Gasteiger partial charge < -0.3 is 15.1 Å². The van der Waals surface area contributed by atoms with Gasteiger partial charge in [-0.25, -0.2) is 0 Å². The second-order valence-corrected chi connectivity index (χ2v) is 6.62. The average molecular weight is 298 g/mol. The first kappa shape index (κ1) is 16.2. The Kier molecular flexibility index (Phi) is 5.22. The Hall–Kier alpha value is -1.14. The van der Waals surface area contributed by atoms with Crippen molar-refractivity contribution in [1.82, 2.24) is 9.80 Å². The normalized spacial score (nSPS) is 29.1. The Morgan fingerprint density at radius 2 is 1.81 bits per heavy atom. The van der Waals surface area contributed by atoms with Crippen molar-refractivity contribution < 1.29 is 19.8 Å². The molecule has 2 saturated heterocycles. The van der Waals surface area contributed by atoms with Crippen molar-refractivity contribution in [3.05, 3.63) is 0 Å². The van der Waals surface area contributed by atoms with Gasteiger partial charge in [-0.05, 0) is 45.6 Å². The number of aliphatic carboxylic acids is 1. The zero-order valence-corrected chi connectivity index (χ0v) is 12.8. The zero-order valence-electron chi connectivity index (χ0n) is 12.8. The van der Waals surface area contributed by atoms with Crippen molar-refractivity contribution in [2.45, 2.75) is 44.6 Å². The summed E-state index contributed by atoms with van der Waals surface area (Å²) in [5.74, 6) is -0.973. The molecule has 0 aromatic carbocycles. The van der Waals surface area contributed by atoms with E-state index in [2.05, 4.69) is 4.90 Å². The quantitative estimate of drug-likeness (QED) is 0.795. The average Bonchev–Trinajstić information content (AvgIpc) is 2.60. The van der Waals surface area contributed by atoms with Gasteiger partial charge in [0, 0.05) is 19.6 Å². The van der Waals surface area contributed by atoms with E-state index in [9.17, 15) is 14.7 Å². The Morgan fingerprint density at radius 1 is 1.14 bits per heavy atom. The molecule has 2 N–H and O–H groups in total. The van der Waals surface area contributed by atoms with Crippen molar-refractivity contribution in [2.75, 3.05) is 32.7 Å². The van der Waals surface area contributed by atoms with E-state index in [0.29, 0.717) is 38.9 Å². The predicted molar refractivity (Wildman–Crippen MR) is 77.9 cm³/mol. The lowest BCUT2D eigenvalue weighted by molar-refractivity contribution is -0.146. The molecule has 0 aromatic rings. The Morgan fingerprint density at radius 3 is 2.43 bits per heavy atom. The van der Waals surface area contributed by atoms with Crippen LogP contribution in [0.2, 0.25) is 0 Å². The van der Waals surface area contributed by atoms with Crippen molar-refractivity contribution in [2.24, 2.45) is 5.92 Å². The smallest absolute Gasteiger partial charge is 0.306 e. The van der Waals surface area contributed by atoms with Gasteiger partial charge in [0.2, 0.25) is 5.91 Å². The van der Waals surface area contributed by atoms with Crippen LogP contribution in [0, 0.1) is 5.92 Å². The minimum Gasteiger partial charge on any atom is -0.481 e. The monoisotopic (exact) mass is 298 g/mol. The van der Waals surface area contributed by atoms with Gasteiger partial charge in [0.05, 0.1) is 18.1 Å². The Labute approximate surface area is 125 Å². The summed E-state index contributed by atoms with van der Waals surface area (Å²) in [6.07, 6.45) is 3.48. The first-order valence-electron chi connectivity index (χ1n) is 7.83. The molecule has 2 heterocycles. The standard InChI is InChI=1S/C15H26N2O4/c1-15(21)5-2-7-16(10-6-15)11-13(18)17-8-3-12(4-9-17)14(19)20/h12,21H,2-11H2,1H3,(H,19,20). The molecule has 0 spiro atoms. The highest BCUT2D eigenvalue weighted by molar-refractivity contribution is 5.79. The number of carbonyl (C=O) groups excluding carboxylic acids is 1. The van der Waals surface area contributed by atoms with Crippen LogP contribution < -0.4 is 0 Å². The van der Waals surface area contributed by atoms with Crippen molar-refractivity contribution in [3.63, 3.8) is 0 Å². The fourth-order valence-electron chi connectivity index (χ4n) is 3.14. The van der Waals surface area contributed by atoms with E-state index in [-0.39, 0.29) is 11.8 Å². The van der Waals surface area contributed by atoms with Crippen LogP contribution in [0.5, 0.6) is 0 Å². The Bertz CT molecular complexity index is 389. The van der Waals surface area contributed by atoms with Gasteiger partial charge in [-0.1, -0.05) is 0 Å². The third-order valence-corrected chi connectivity index (χ3v) is 4.71. The van der Waals surface area contributed by atoms with Crippen molar-refractivity contribution in [3.8, 4) is 0 Å². The molecule has 0 radical (unpaired) electrons. The molecule has 0 saturated carbocycles. The highest BCUT2D eigenvalue weighted by Crippen LogP contribution is 2.22. The highest BCUT2D eigenvalue weighted by Gasteiger charge is 2.29. The minimum absolute atomic E-state index is 0.0837. The molecule has 1 unspecified atom stereocenters. The fraction of sp³-hybridized carbons (Fsp3) is 0.867. The van der Waals surface area contributed by atoms with E-state index in [0.717, 1.165) is 25.9 Å². The van der Waals surface area contributed by atoms with E-state index in [1.165, 1.54) is 0 Å². The number of amides is 1. The number of nitrogens with zero attached hydrogens (tertiary/aromatic N) is 2. The number of aliphatic hydroxyl groups is 1. The van der Waals surface area contributed by atoms with E-state index in [4.69, 9.17) is 5.11 Å². The summed E-state index contributed by atoms with van der Waals surface area (Å²) >= 11 is 0. The van der Waals surface area contributed by atoms with Crippen LogP contribution in [-0.2, 0) is 9.59 Å². The largest absolute Gasteiger partial charge is 0.481 e. The topological polar surface area (TPSA) is 81.1 Å². The number of carboxylic acid groups (broad SMARTS) is 1.